The summed E-state index contributed by atoms with van der Waals surface area (Å²) >= 11 is 4.91. The molecule has 0 saturated heterocycles. The van der Waals surface area contributed by atoms with Crippen LogP contribution in [0.25, 0.3) is 0 Å². The van der Waals surface area contributed by atoms with Crippen LogP contribution in [0.5, 0.6) is 5.75 Å². The maximum absolute atomic E-state index is 11.9. The second-order valence-corrected chi connectivity index (χ2v) is 4.66. The van der Waals surface area contributed by atoms with E-state index in [1.807, 2.05) is 18.2 Å². The molecular weight excluding hydrogens is 286 g/mol. The third-order valence-corrected chi connectivity index (χ3v) is 3.00. The number of benzene rings is 2. The Bertz CT molecular complexity index is 659. The van der Waals surface area contributed by atoms with Gasteiger partial charge >= 0.3 is 6.03 Å². The summed E-state index contributed by atoms with van der Waals surface area (Å²) in [6.07, 6.45) is 0. The molecule has 0 aliphatic carbocycles. The highest BCUT2D eigenvalue weighted by Gasteiger charge is 2.09. The average molecular weight is 301 g/mol. The number of methoxy groups -OCH3 is 1. The summed E-state index contributed by atoms with van der Waals surface area (Å²) < 4.78 is 5.23. The van der Waals surface area contributed by atoms with Crippen LogP contribution in [0, 0.1) is 0 Å². The van der Waals surface area contributed by atoms with Gasteiger partial charge in [0.05, 0.1) is 12.8 Å². The summed E-state index contributed by atoms with van der Waals surface area (Å²) in [5.41, 5.74) is 7.48. The number of ether oxygens (including phenoxy) is 1. The lowest BCUT2D eigenvalue weighted by Gasteiger charge is -2.12. The number of anilines is 2. The number of para-hydroxylation sites is 1. The van der Waals surface area contributed by atoms with E-state index in [2.05, 4.69) is 10.6 Å². The molecule has 0 heterocycles. The van der Waals surface area contributed by atoms with E-state index >= 15 is 0 Å². The minimum Gasteiger partial charge on any atom is -0.495 e. The number of carbonyl (C=O) groups excluding carboxylic acids is 1. The van der Waals surface area contributed by atoms with Gasteiger partial charge in [-0.25, -0.2) is 4.79 Å². The van der Waals surface area contributed by atoms with E-state index < -0.39 is 0 Å². The number of nitrogens with one attached hydrogen (secondary N) is 2. The predicted molar refractivity (Wildman–Crippen MR) is 88.0 cm³/mol. The van der Waals surface area contributed by atoms with Crippen molar-refractivity contribution < 1.29 is 9.53 Å². The van der Waals surface area contributed by atoms with Crippen molar-refractivity contribution in [3.8, 4) is 5.75 Å². The first-order valence-corrected chi connectivity index (χ1v) is 6.62. The summed E-state index contributed by atoms with van der Waals surface area (Å²) in [6.45, 7) is 0. The summed E-state index contributed by atoms with van der Waals surface area (Å²) in [5, 5.41) is 5.44. The van der Waals surface area contributed by atoms with Crippen LogP contribution < -0.4 is 21.1 Å². The van der Waals surface area contributed by atoms with E-state index in [-0.39, 0.29) is 11.0 Å². The van der Waals surface area contributed by atoms with Crippen LogP contribution in [0.1, 0.15) is 5.56 Å². The van der Waals surface area contributed by atoms with Gasteiger partial charge < -0.3 is 21.1 Å². The molecule has 0 fully saturated rings. The van der Waals surface area contributed by atoms with Gasteiger partial charge in [0.2, 0.25) is 0 Å². The van der Waals surface area contributed by atoms with Crippen molar-refractivity contribution in [3.63, 3.8) is 0 Å². The Balaban J connectivity index is 2.12. The van der Waals surface area contributed by atoms with Crippen molar-refractivity contribution in [1.82, 2.24) is 0 Å². The first kappa shape index (κ1) is 14.8. The lowest BCUT2D eigenvalue weighted by atomic mass is 10.2. The number of hydrogen-bond donors (Lipinski definition) is 3. The first-order valence-electron chi connectivity index (χ1n) is 6.21. The van der Waals surface area contributed by atoms with E-state index in [9.17, 15) is 4.79 Å². The molecule has 0 saturated carbocycles. The maximum Gasteiger partial charge on any atom is 0.323 e. The zero-order valence-electron chi connectivity index (χ0n) is 11.4. The first-order chi connectivity index (χ1) is 10.1. The minimum atomic E-state index is -0.359. The van der Waals surface area contributed by atoms with Crippen LogP contribution in [-0.4, -0.2) is 18.1 Å². The monoisotopic (exact) mass is 301 g/mol. The number of rotatable bonds is 4. The molecule has 0 aliphatic heterocycles. The number of amides is 2. The van der Waals surface area contributed by atoms with Crippen LogP contribution in [0.3, 0.4) is 0 Å². The van der Waals surface area contributed by atoms with Gasteiger partial charge in [-0.1, -0.05) is 30.4 Å². The molecule has 21 heavy (non-hydrogen) atoms. The molecule has 0 aromatic heterocycles. The van der Waals surface area contributed by atoms with Gasteiger partial charge in [-0.05, 0) is 30.3 Å². The third kappa shape index (κ3) is 3.93. The van der Waals surface area contributed by atoms with Gasteiger partial charge in [0.15, 0.2) is 0 Å². The number of nitrogens with two attached hydrogens (primary N) is 1. The van der Waals surface area contributed by atoms with Gasteiger partial charge in [0, 0.05) is 11.3 Å². The van der Waals surface area contributed by atoms with Crippen molar-refractivity contribution in [2.45, 2.75) is 0 Å². The van der Waals surface area contributed by atoms with E-state index in [0.29, 0.717) is 22.7 Å². The van der Waals surface area contributed by atoms with Crippen LogP contribution in [0.4, 0.5) is 16.2 Å². The predicted octanol–water partition coefficient (Wildman–Crippen LogP) is 2.97. The summed E-state index contributed by atoms with van der Waals surface area (Å²) in [4.78, 5) is 12.2. The van der Waals surface area contributed by atoms with Gasteiger partial charge in [-0.3, -0.25) is 0 Å². The largest absolute Gasteiger partial charge is 0.495 e. The molecule has 2 rings (SSSR count). The Hall–Kier alpha value is -2.60. The smallest absolute Gasteiger partial charge is 0.323 e. The molecule has 4 N–H and O–H groups in total. The van der Waals surface area contributed by atoms with Crippen molar-refractivity contribution >= 4 is 34.6 Å². The lowest BCUT2D eigenvalue weighted by molar-refractivity contribution is 0.262. The van der Waals surface area contributed by atoms with Crippen molar-refractivity contribution in [1.29, 1.82) is 0 Å². The highest BCUT2D eigenvalue weighted by Crippen LogP contribution is 2.25. The molecule has 2 aromatic carbocycles. The molecule has 0 bridgehead atoms. The zero-order valence-corrected chi connectivity index (χ0v) is 12.2. The minimum absolute atomic E-state index is 0.272. The third-order valence-electron chi connectivity index (χ3n) is 2.77. The molecule has 2 aromatic rings. The Kier molecular flexibility index (Phi) is 4.73. The highest BCUT2D eigenvalue weighted by atomic mass is 32.1. The van der Waals surface area contributed by atoms with Crippen molar-refractivity contribution in [2.24, 2.45) is 5.73 Å². The fourth-order valence-electron chi connectivity index (χ4n) is 1.75. The normalized spacial score (nSPS) is 9.76. The fraction of sp³-hybridized carbons (Fsp3) is 0.0667. The molecule has 0 radical (unpaired) electrons. The molecule has 0 atom stereocenters. The standard InChI is InChI=1S/C15H15N3O2S/c1-20-13-9-10(14(16)21)7-8-12(13)18-15(19)17-11-5-3-2-4-6-11/h2-9H,1H3,(H2,16,21)(H2,17,18,19). The lowest BCUT2D eigenvalue weighted by Crippen LogP contribution is -2.20. The van der Waals surface area contributed by atoms with Crippen molar-refractivity contribution in [2.75, 3.05) is 17.7 Å². The number of thiocarbonyl (C=S) groups is 1. The van der Waals surface area contributed by atoms with E-state index in [0.717, 1.165) is 0 Å². The van der Waals surface area contributed by atoms with Crippen LogP contribution >= 0.6 is 12.2 Å². The van der Waals surface area contributed by atoms with Crippen LogP contribution in [0.2, 0.25) is 0 Å². The summed E-state index contributed by atoms with van der Waals surface area (Å²) in [6, 6.07) is 13.9. The Labute approximate surface area is 128 Å². The van der Waals surface area contributed by atoms with Crippen LogP contribution in [-0.2, 0) is 0 Å². The van der Waals surface area contributed by atoms with Crippen LogP contribution in [0.15, 0.2) is 48.5 Å². The number of urea groups is 1. The second-order valence-electron chi connectivity index (χ2n) is 4.22. The molecule has 0 unspecified atom stereocenters. The van der Waals surface area contributed by atoms with E-state index in [1.54, 1.807) is 30.3 Å². The molecule has 108 valence electrons. The molecule has 0 aliphatic rings. The number of hydrogen-bond acceptors (Lipinski definition) is 3. The molecule has 2 amide bonds. The molecule has 0 spiro atoms. The molecule has 5 nitrogen and oxygen atoms in total. The Morgan fingerprint density at radius 2 is 1.86 bits per heavy atom. The Morgan fingerprint density at radius 1 is 1.14 bits per heavy atom. The van der Waals surface area contributed by atoms with Gasteiger partial charge in [0.25, 0.3) is 0 Å². The average Bonchev–Trinajstić information content (AvgIpc) is 2.48. The zero-order chi connectivity index (χ0) is 15.2. The summed E-state index contributed by atoms with van der Waals surface area (Å²) in [7, 11) is 1.51. The fourth-order valence-corrected chi connectivity index (χ4v) is 1.88. The molecular formula is C15H15N3O2S. The SMILES string of the molecule is COc1cc(C(N)=S)ccc1NC(=O)Nc1ccccc1. The van der Waals surface area contributed by atoms with E-state index in [4.69, 9.17) is 22.7 Å². The topological polar surface area (TPSA) is 76.4 Å². The summed E-state index contributed by atoms with van der Waals surface area (Å²) in [5.74, 6) is 0.489. The maximum atomic E-state index is 11.9. The number of carbonyl (C=O) groups is 1. The second kappa shape index (κ2) is 6.71. The van der Waals surface area contributed by atoms with Crippen molar-refractivity contribution in [3.05, 3.63) is 54.1 Å². The van der Waals surface area contributed by atoms with Gasteiger partial charge in [0.1, 0.15) is 10.7 Å². The van der Waals surface area contributed by atoms with E-state index in [1.165, 1.54) is 7.11 Å². The highest BCUT2D eigenvalue weighted by molar-refractivity contribution is 7.80. The Morgan fingerprint density at radius 3 is 2.48 bits per heavy atom. The van der Waals surface area contributed by atoms with Gasteiger partial charge in [-0.15, -0.1) is 0 Å². The van der Waals surface area contributed by atoms with Gasteiger partial charge in [-0.2, -0.15) is 0 Å². The molecule has 6 heteroatoms. The quantitative estimate of drug-likeness (QED) is 0.759.